The number of hydrogen-bond acceptors (Lipinski definition) is 5. The Morgan fingerprint density at radius 2 is 2.43 bits per heavy atom. The minimum atomic E-state index is -4.68. The Labute approximate surface area is 214 Å². The highest BCUT2D eigenvalue weighted by Gasteiger charge is 2.43. The average molecular weight is 443 g/mol. The molecule has 5 nitrogen and oxygen atoms in total. The molecule has 0 amide bonds. The van der Waals surface area contributed by atoms with Crippen molar-refractivity contribution in [1.29, 1.82) is 1.43 Å². The van der Waals surface area contributed by atoms with Gasteiger partial charge in [0.25, 0.3) is 0 Å². The number of carbonyl (C=O) groups excluding carboxylic acids is 2. The second-order valence-corrected chi connectivity index (χ2v) is 7.30. The standard InChI is InChI=1S/C25H38O5/c1-6-25(4,5)24(28)30-21-12-15(2)11-17-8-7-16(3)20(23(17)21)10-9-19-13-18(26)14-22(27)29-19/h7-8,11,15-16,18-21,23,26H,6,9-10,12-14H2,1-5H3/t15-,16-,18+,19?,20-,21?,23-/m0/s1/i1D3,2D3,4D3,5D3,6D2,7D,8D,11D,12D2,14D2,15D,16D,26D. The van der Waals surface area contributed by atoms with E-state index in [2.05, 4.69) is 5.11 Å². The molecule has 30 heavy (non-hydrogen) atoms. The van der Waals surface area contributed by atoms with Gasteiger partial charge in [-0.3, -0.25) is 9.59 Å². The van der Waals surface area contributed by atoms with Crippen LogP contribution in [0.5, 0.6) is 0 Å². The van der Waals surface area contributed by atoms with Gasteiger partial charge in [0.1, 0.15) is 12.2 Å². The number of carbonyl (C=O) groups is 2. The van der Waals surface area contributed by atoms with E-state index in [1.165, 1.54) is 0 Å². The lowest BCUT2D eigenvalue weighted by Crippen LogP contribution is -2.43. The molecular weight excluding hydrogens is 380 g/mol. The van der Waals surface area contributed by atoms with Crippen LogP contribution in [-0.4, -0.2) is 36.8 Å². The van der Waals surface area contributed by atoms with Crippen molar-refractivity contribution in [3.63, 3.8) is 0 Å². The van der Waals surface area contributed by atoms with E-state index in [4.69, 9.17) is 42.4 Å². The number of aliphatic hydroxyl groups excluding tert-OH is 1. The van der Waals surface area contributed by atoms with Gasteiger partial charge in [-0.25, -0.2) is 0 Å². The number of aliphatic hydroxyl groups is 1. The van der Waals surface area contributed by atoms with Gasteiger partial charge in [-0.2, -0.15) is 0 Å². The first kappa shape index (κ1) is 7.19. The van der Waals surface area contributed by atoms with Crippen molar-refractivity contribution in [2.75, 3.05) is 0 Å². The fourth-order valence-corrected chi connectivity index (χ4v) is 3.65. The summed E-state index contributed by atoms with van der Waals surface area (Å²) in [4.78, 5) is 26.7. The normalized spacial score (nSPS) is 59.6. The molecule has 1 N–H and O–H groups in total. The van der Waals surface area contributed by atoms with Gasteiger partial charge >= 0.3 is 11.9 Å². The molecule has 3 rings (SSSR count). The lowest BCUT2D eigenvalue weighted by Gasteiger charge is -2.44. The van der Waals surface area contributed by atoms with Crippen molar-refractivity contribution in [3.05, 3.63) is 23.7 Å². The predicted octanol–water partition coefficient (Wildman–Crippen LogP) is 4.59. The summed E-state index contributed by atoms with van der Waals surface area (Å²) in [6.45, 7) is -16.0. The maximum Gasteiger partial charge on any atom is 0.311 e. The van der Waals surface area contributed by atoms with Gasteiger partial charge < -0.3 is 14.6 Å². The first-order valence-corrected chi connectivity index (χ1v) is 9.23. The maximum atomic E-state index is 14.3. The Hall–Kier alpha value is -1.62. The Kier molecular flexibility index (Phi) is 2.22. The molecule has 5 heteroatoms. The Morgan fingerprint density at radius 3 is 3.17 bits per heavy atom. The fraction of sp³-hybridized carbons (Fsp3) is 0.760. The van der Waals surface area contributed by atoms with Crippen molar-refractivity contribution in [2.24, 2.45) is 29.0 Å². The number of rotatable bonds is 7. The average Bonchev–Trinajstić information content (AvgIpc) is 2.95. The molecule has 1 saturated heterocycles. The number of cyclic esters (lactones) is 1. The van der Waals surface area contributed by atoms with Crippen LogP contribution in [0.2, 0.25) is 0 Å². The van der Waals surface area contributed by atoms with Crippen LogP contribution in [0.1, 0.15) is 104 Å². The summed E-state index contributed by atoms with van der Waals surface area (Å²) in [5, 5.41) is 4.35. The summed E-state index contributed by atoms with van der Waals surface area (Å²) >= 11 is 0. The zero-order valence-corrected chi connectivity index (χ0v) is 16.0. The van der Waals surface area contributed by atoms with Crippen molar-refractivity contribution >= 4 is 11.9 Å². The fourth-order valence-electron chi connectivity index (χ4n) is 3.65. The van der Waals surface area contributed by atoms with Crippen LogP contribution in [0.15, 0.2) is 23.7 Å². The monoisotopic (exact) mass is 442 g/mol. The third-order valence-electron chi connectivity index (χ3n) is 5.15. The highest BCUT2D eigenvalue weighted by molar-refractivity contribution is 5.76. The van der Waals surface area contributed by atoms with Crippen molar-refractivity contribution in [1.82, 2.24) is 0 Å². The van der Waals surface area contributed by atoms with E-state index in [1.54, 1.807) is 0 Å². The molecule has 0 bridgehead atoms. The number of fused-ring (bicyclic) bond motifs is 1. The summed E-state index contributed by atoms with van der Waals surface area (Å²) in [7, 11) is 0. The molecule has 7 atom stereocenters. The molecule has 0 aromatic carbocycles. The third kappa shape index (κ3) is 5.16. The topological polar surface area (TPSA) is 72.8 Å². The largest absolute Gasteiger partial charge is 0.462 e. The highest BCUT2D eigenvalue weighted by Crippen LogP contribution is 2.45. The molecule has 0 saturated carbocycles. The van der Waals surface area contributed by atoms with Gasteiger partial charge in [-0.05, 0) is 62.6 Å². The van der Waals surface area contributed by atoms with E-state index < -0.39 is 149 Å². The minimum Gasteiger partial charge on any atom is -0.462 e. The first-order chi connectivity index (χ1) is 23.8. The summed E-state index contributed by atoms with van der Waals surface area (Å²) in [5.74, 6) is -14.4. The van der Waals surface area contributed by atoms with Crippen LogP contribution >= 0.6 is 0 Å². The maximum absolute atomic E-state index is 14.3. The molecule has 0 radical (unpaired) electrons. The van der Waals surface area contributed by atoms with Crippen LogP contribution in [0.4, 0.5) is 0 Å². The van der Waals surface area contributed by atoms with Gasteiger partial charge in [-0.1, -0.05) is 38.8 Å². The van der Waals surface area contributed by atoms with Gasteiger partial charge in [0.15, 0.2) is 0 Å². The van der Waals surface area contributed by atoms with Crippen molar-refractivity contribution in [3.8, 4) is 0 Å². The van der Waals surface area contributed by atoms with Gasteiger partial charge in [0.2, 0.25) is 1.43 Å². The number of esters is 2. The van der Waals surface area contributed by atoms with E-state index in [0.717, 1.165) is 6.92 Å². The first-order valence-electron chi connectivity index (χ1n) is 21.1. The Balaban J connectivity index is 2.42. The third-order valence-corrected chi connectivity index (χ3v) is 5.15. The summed E-state index contributed by atoms with van der Waals surface area (Å²) in [6, 6.07) is -3.52. The summed E-state index contributed by atoms with van der Waals surface area (Å²) in [6.07, 6.45) is -18.7. The highest BCUT2D eigenvalue weighted by atomic mass is 16.6. The van der Waals surface area contributed by atoms with Gasteiger partial charge in [-0.15, -0.1) is 0 Å². The van der Waals surface area contributed by atoms with Gasteiger partial charge in [0, 0.05) is 39.8 Å². The quantitative estimate of drug-likeness (QED) is 0.584. The lowest BCUT2D eigenvalue weighted by molar-refractivity contribution is -0.166. The van der Waals surface area contributed by atoms with E-state index in [9.17, 15) is 9.59 Å². The minimum absolute atomic E-state index is 0.441. The molecule has 2 unspecified atom stereocenters. The van der Waals surface area contributed by atoms with Crippen LogP contribution in [-0.2, 0) is 19.1 Å². The molecule has 3 aliphatic rings. The molecule has 168 valence electrons. The zero-order chi connectivity index (χ0) is 42.6. The molecule has 1 aliphatic heterocycles. The number of allylic oxidation sites excluding steroid dienone is 3. The van der Waals surface area contributed by atoms with E-state index >= 15 is 0 Å². The van der Waals surface area contributed by atoms with E-state index in [1.807, 2.05) is 0 Å². The Bertz CT molecular complexity index is 1550. The molecule has 0 aromatic heterocycles. The molecule has 0 aromatic rings. The number of hydrogen-bond donors (Lipinski definition) is 1. The van der Waals surface area contributed by atoms with Crippen LogP contribution in [0, 0.1) is 29.0 Å². The SMILES string of the molecule is [2H]O[C@@H]1CC(CC[C@@H]2[C@@H]3C(=C([2H])[C@]([2H])(C([2H])([2H])[2H])C([2H])([2H])C3OC(=O)C(C([2H])([2H])[2H])(C([2H])([2H])[2H])C([2H])([2H])C([2H])([2H])[2H])C([2H])=C([2H])[C@]2([2H])C)OC(=O)C1([2H])[2H]. The molecule has 1 fully saturated rings. The molecule has 0 spiro atoms. The van der Waals surface area contributed by atoms with Crippen LogP contribution < -0.4 is 0 Å². The van der Waals surface area contributed by atoms with Crippen LogP contribution in [0.25, 0.3) is 0 Å². The Morgan fingerprint density at radius 1 is 1.57 bits per heavy atom. The zero-order valence-electron chi connectivity index (χ0n) is 40.0. The van der Waals surface area contributed by atoms with Crippen molar-refractivity contribution in [2.45, 2.75) is 91.0 Å². The second kappa shape index (κ2) is 9.25. The van der Waals surface area contributed by atoms with E-state index in [0.29, 0.717) is 0 Å². The smallest absolute Gasteiger partial charge is 0.311 e. The molecular formula is C25H38O5. The predicted molar refractivity (Wildman–Crippen MR) is 115 cm³/mol. The van der Waals surface area contributed by atoms with Crippen LogP contribution in [0.3, 0.4) is 0 Å². The summed E-state index contributed by atoms with van der Waals surface area (Å²) < 4.78 is 207. The summed E-state index contributed by atoms with van der Waals surface area (Å²) in [5.41, 5.74) is -5.65. The van der Waals surface area contributed by atoms with Crippen molar-refractivity contribution < 1.29 is 55.7 Å². The lowest BCUT2D eigenvalue weighted by atomic mass is 9.65. The molecule has 2 aliphatic carbocycles. The molecule has 1 heterocycles. The van der Waals surface area contributed by atoms with E-state index in [-0.39, 0.29) is 0 Å². The second-order valence-electron chi connectivity index (χ2n) is 7.30. The number of ether oxygens (including phenoxy) is 2. The van der Waals surface area contributed by atoms with Gasteiger partial charge in [0.05, 0.1) is 22.0 Å².